The Morgan fingerprint density at radius 1 is 1.34 bits per heavy atom. The second-order valence-corrected chi connectivity index (χ2v) is 8.50. The molecular formula is C18H27N5O5S. The van der Waals surface area contributed by atoms with Gasteiger partial charge >= 0.3 is 12.1 Å². The van der Waals surface area contributed by atoms with Gasteiger partial charge in [0.2, 0.25) is 0 Å². The topological polar surface area (TPSA) is 152 Å². The molecule has 2 fully saturated rings. The number of ether oxygens (including phenoxy) is 1. The molecule has 0 spiro atoms. The quantitative estimate of drug-likeness (QED) is 0.283. The minimum atomic E-state index is -1.23. The summed E-state index contributed by atoms with van der Waals surface area (Å²) in [4.78, 5) is 42.9. The number of carboxylic acid groups (broad SMARTS) is 1. The first kappa shape index (κ1) is 21.4. The van der Waals surface area contributed by atoms with Crippen LogP contribution in [0.25, 0.3) is 0 Å². The van der Waals surface area contributed by atoms with E-state index in [1.807, 2.05) is 0 Å². The Labute approximate surface area is 173 Å². The number of fused-ring (bicyclic) bond motifs is 1. The molecule has 3 heterocycles. The second kappa shape index (κ2) is 9.49. The van der Waals surface area contributed by atoms with Crippen LogP contribution >= 0.6 is 11.8 Å². The summed E-state index contributed by atoms with van der Waals surface area (Å²) in [6, 6.07) is -0.595. The zero-order valence-electron chi connectivity index (χ0n) is 16.2. The number of nitrogens with zero attached hydrogens (tertiary/aromatic N) is 3. The van der Waals surface area contributed by atoms with Gasteiger partial charge in [0.25, 0.3) is 5.91 Å². The molecule has 11 heteroatoms. The summed E-state index contributed by atoms with van der Waals surface area (Å²) in [5, 5.41) is 9.18. The molecule has 0 aromatic rings. The summed E-state index contributed by atoms with van der Waals surface area (Å²) >= 11 is 1.41. The number of carbonyl (C=O) groups is 3. The summed E-state index contributed by atoms with van der Waals surface area (Å²) in [7, 11) is 0. The van der Waals surface area contributed by atoms with Gasteiger partial charge in [0.1, 0.15) is 17.7 Å². The Balaban J connectivity index is 1.59. The third-order valence-corrected chi connectivity index (χ3v) is 6.79. The van der Waals surface area contributed by atoms with Crippen molar-refractivity contribution >= 4 is 36.1 Å². The van der Waals surface area contributed by atoms with Crippen LogP contribution in [-0.4, -0.2) is 82.6 Å². The lowest BCUT2D eigenvalue weighted by atomic mass is 9.92. The molecule has 2 atom stereocenters. The number of thioether (sulfide) groups is 1. The predicted molar refractivity (Wildman–Crippen MR) is 108 cm³/mol. The summed E-state index contributed by atoms with van der Waals surface area (Å²) < 4.78 is 4.71. The van der Waals surface area contributed by atoms with Gasteiger partial charge in [0.05, 0.1) is 6.34 Å². The van der Waals surface area contributed by atoms with Crippen LogP contribution in [0.1, 0.15) is 25.7 Å². The van der Waals surface area contributed by atoms with E-state index in [-0.39, 0.29) is 23.6 Å². The van der Waals surface area contributed by atoms with Crippen molar-refractivity contribution in [2.45, 2.75) is 37.1 Å². The van der Waals surface area contributed by atoms with E-state index in [4.69, 9.17) is 16.2 Å². The summed E-state index contributed by atoms with van der Waals surface area (Å²) in [5.41, 5.74) is 10.7. The number of rotatable bonds is 8. The molecule has 3 aliphatic heterocycles. The minimum absolute atomic E-state index is 0.132. The van der Waals surface area contributed by atoms with Gasteiger partial charge in [-0.15, -0.1) is 11.8 Å². The highest BCUT2D eigenvalue weighted by molar-refractivity contribution is 8.00. The molecule has 0 aromatic carbocycles. The van der Waals surface area contributed by atoms with E-state index in [0.717, 1.165) is 45.3 Å². The first-order valence-corrected chi connectivity index (χ1v) is 10.8. The maximum Gasteiger partial charge on any atom is 0.404 e. The highest BCUT2D eigenvalue weighted by atomic mass is 32.2. The van der Waals surface area contributed by atoms with E-state index < -0.39 is 18.1 Å². The van der Waals surface area contributed by atoms with Crippen LogP contribution in [0.15, 0.2) is 16.3 Å². The molecule has 5 N–H and O–H groups in total. The number of β-lactam (4-membered cyclic amide) rings is 1. The molecule has 0 aliphatic carbocycles. The molecule has 0 saturated carbocycles. The van der Waals surface area contributed by atoms with E-state index >= 15 is 0 Å². The molecule has 0 radical (unpaired) electrons. The molecule has 0 aromatic heterocycles. The Bertz CT molecular complexity index is 719. The van der Waals surface area contributed by atoms with Crippen molar-refractivity contribution in [1.29, 1.82) is 0 Å². The van der Waals surface area contributed by atoms with Crippen molar-refractivity contribution in [1.82, 2.24) is 9.80 Å². The molecule has 2 saturated heterocycles. The van der Waals surface area contributed by atoms with E-state index in [2.05, 4.69) is 9.89 Å². The summed E-state index contributed by atoms with van der Waals surface area (Å²) in [5.74, 6) is -0.553. The number of carbonyl (C=O) groups excluding carboxylic acids is 2. The van der Waals surface area contributed by atoms with E-state index in [0.29, 0.717) is 17.2 Å². The number of aliphatic imine (C=N–C) groups is 1. The fourth-order valence-corrected chi connectivity index (χ4v) is 5.19. The van der Waals surface area contributed by atoms with Crippen molar-refractivity contribution in [3.63, 3.8) is 0 Å². The number of nitrogens with two attached hydrogens (primary N) is 2. The number of aliphatic carboxylic acids is 1. The monoisotopic (exact) mass is 425 g/mol. The SMILES string of the molecule is NCCCC1CCN(/C=N/C2C(=O)N3C(C(=O)O)=C(COC(N)=O)CS[C@H]23)CC1. The van der Waals surface area contributed by atoms with E-state index in [1.165, 1.54) is 16.7 Å². The average molecular weight is 426 g/mol. The molecule has 0 bridgehead atoms. The molecular weight excluding hydrogens is 398 g/mol. The molecule has 2 amide bonds. The summed E-state index contributed by atoms with van der Waals surface area (Å²) in [6.45, 7) is 2.28. The fourth-order valence-electron chi connectivity index (χ4n) is 3.87. The van der Waals surface area contributed by atoms with Crippen LogP contribution in [-0.2, 0) is 14.3 Å². The first-order valence-electron chi connectivity index (χ1n) is 9.72. The molecule has 10 nitrogen and oxygen atoms in total. The highest BCUT2D eigenvalue weighted by Crippen LogP contribution is 2.41. The first-order chi connectivity index (χ1) is 13.9. The van der Waals surface area contributed by atoms with Crippen molar-refractivity contribution in [2.24, 2.45) is 22.4 Å². The van der Waals surface area contributed by atoms with Crippen LogP contribution in [0.3, 0.4) is 0 Å². The van der Waals surface area contributed by atoms with Crippen LogP contribution in [0.2, 0.25) is 0 Å². The second-order valence-electron chi connectivity index (χ2n) is 7.39. The van der Waals surface area contributed by atoms with Gasteiger partial charge < -0.3 is 26.2 Å². The Morgan fingerprint density at radius 2 is 2.07 bits per heavy atom. The zero-order chi connectivity index (χ0) is 21.0. The number of hydrogen-bond donors (Lipinski definition) is 3. The Morgan fingerprint density at radius 3 is 2.69 bits per heavy atom. The third-order valence-electron chi connectivity index (χ3n) is 5.47. The molecule has 160 valence electrons. The van der Waals surface area contributed by atoms with Gasteiger partial charge in [-0.3, -0.25) is 14.7 Å². The number of carboxylic acids is 1. The van der Waals surface area contributed by atoms with Crippen molar-refractivity contribution in [2.75, 3.05) is 32.0 Å². The standard InChI is InChI=1S/C18H27N5O5S/c19-5-1-2-11-3-6-22(7-4-11)10-21-13-15(24)23-14(17(25)26)12(8-28-18(20)27)9-29-16(13)23/h10-11,13,16H,1-9,19H2,(H2,20,27)(H,25,26)/b21-10+/t13?,16-/m1/s1. The van der Waals surface area contributed by atoms with Crippen molar-refractivity contribution in [3.05, 3.63) is 11.3 Å². The third kappa shape index (κ3) is 4.84. The minimum Gasteiger partial charge on any atom is -0.477 e. The van der Waals surface area contributed by atoms with Crippen molar-refractivity contribution < 1.29 is 24.2 Å². The van der Waals surface area contributed by atoms with Crippen LogP contribution < -0.4 is 11.5 Å². The fraction of sp³-hybridized carbons (Fsp3) is 0.667. The Hall–Kier alpha value is -2.27. The lowest BCUT2D eigenvalue weighted by molar-refractivity contribution is -0.147. The molecule has 1 unspecified atom stereocenters. The predicted octanol–water partition coefficient (Wildman–Crippen LogP) is 0.183. The maximum absolute atomic E-state index is 12.6. The number of likely N-dealkylation sites (tertiary alicyclic amines) is 1. The number of piperidine rings is 1. The van der Waals surface area contributed by atoms with Gasteiger partial charge in [-0.05, 0) is 38.1 Å². The molecule has 3 rings (SSSR count). The smallest absolute Gasteiger partial charge is 0.404 e. The normalized spacial score (nSPS) is 25.2. The maximum atomic E-state index is 12.6. The van der Waals surface area contributed by atoms with Gasteiger partial charge in [-0.1, -0.05) is 0 Å². The van der Waals surface area contributed by atoms with E-state index in [1.54, 1.807) is 6.34 Å². The van der Waals surface area contributed by atoms with Crippen LogP contribution in [0.5, 0.6) is 0 Å². The number of primary amides is 1. The zero-order valence-corrected chi connectivity index (χ0v) is 17.0. The van der Waals surface area contributed by atoms with Gasteiger partial charge in [-0.2, -0.15) is 0 Å². The van der Waals surface area contributed by atoms with E-state index in [9.17, 15) is 19.5 Å². The highest BCUT2D eigenvalue weighted by Gasteiger charge is 2.53. The molecule has 29 heavy (non-hydrogen) atoms. The van der Waals surface area contributed by atoms with Gasteiger partial charge in [-0.25, -0.2) is 9.59 Å². The summed E-state index contributed by atoms with van der Waals surface area (Å²) in [6.07, 6.45) is 5.13. The average Bonchev–Trinajstić information content (AvgIpc) is 2.70. The molecule has 3 aliphatic rings. The van der Waals surface area contributed by atoms with Gasteiger partial charge in [0, 0.05) is 24.4 Å². The van der Waals surface area contributed by atoms with Gasteiger partial charge in [0.15, 0.2) is 6.04 Å². The largest absolute Gasteiger partial charge is 0.477 e. The number of hydrogen-bond acceptors (Lipinski definition) is 7. The van der Waals surface area contributed by atoms with Crippen LogP contribution in [0.4, 0.5) is 4.79 Å². The van der Waals surface area contributed by atoms with Crippen molar-refractivity contribution in [3.8, 4) is 0 Å². The van der Waals surface area contributed by atoms with Crippen LogP contribution in [0, 0.1) is 5.92 Å². The number of amides is 2. The lowest BCUT2D eigenvalue weighted by Crippen LogP contribution is -2.64. The Kier molecular flexibility index (Phi) is 7.01. The lowest BCUT2D eigenvalue weighted by Gasteiger charge is -2.47.